The zero-order valence-electron chi connectivity index (χ0n) is 17.3. The molecule has 2 heterocycles. The van der Waals surface area contributed by atoms with Gasteiger partial charge in [0.2, 0.25) is 0 Å². The lowest BCUT2D eigenvalue weighted by Crippen LogP contribution is -2.30. The first kappa shape index (κ1) is 19.8. The van der Waals surface area contributed by atoms with Gasteiger partial charge in [0.1, 0.15) is 0 Å². The van der Waals surface area contributed by atoms with E-state index in [2.05, 4.69) is 38.1 Å². The van der Waals surface area contributed by atoms with E-state index >= 15 is 0 Å². The zero-order valence-corrected chi connectivity index (χ0v) is 17.3. The molecule has 5 heteroatoms. The van der Waals surface area contributed by atoms with Crippen molar-refractivity contribution in [3.05, 3.63) is 64.7 Å². The molecule has 5 nitrogen and oxygen atoms in total. The maximum Gasteiger partial charge on any atom is 0.258 e. The standard InChI is InChI=1S/C24H28N2O3/c1-16(2)18-6-4-17(5-7-18)14-21-20-15-19(8-9-22(20)26(3)23(21)27)24(10-11-25)28-12-13-29-24/h4-9,14-16H,10-13,25H2,1-3H3/b21-14-. The summed E-state index contributed by atoms with van der Waals surface area (Å²) >= 11 is 0. The minimum atomic E-state index is -0.821. The molecule has 0 radical (unpaired) electrons. The molecule has 2 aliphatic heterocycles. The molecule has 2 N–H and O–H groups in total. The number of anilines is 1. The van der Waals surface area contributed by atoms with Gasteiger partial charge in [-0.3, -0.25) is 4.79 Å². The molecule has 4 rings (SSSR count). The van der Waals surface area contributed by atoms with Crippen LogP contribution < -0.4 is 10.6 Å². The van der Waals surface area contributed by atoms with Crippen molar-refractivity contribution < 1.29 is 14.3 Å². The monoisotopic (exact) mass is 392 g/mol. The van der Waals surface area contributed by atoms with E-state index in [1.54, 1.807) is 4.90 Å². The van der Waals surface area contributed by atoms with Gasteiger partial charge in [0, 0.05) is 30.2 Å². The van der Waals surface area contributed by atoms with Gasteiger partial charge in [0.05, 0.1) is 18.9 Å². The van der Waals surface area contributed by atoms with E-state index in [9.17, 15) is 4.79 Å². The lowest BCUT2D eigenvalue weighted by atomic mass is 9.95. The van der Waals surface area contributed by atoms with Crippen LogP contribution in [-0.4, -0.2) is 32.7 Å². The average Bonchev–Trinajstić information content (AvgIpc) is 3.28. The molecule has 0 unspecified atom stereocenters. The van der Waals surface area contributed by atoms with Crippen molar-refractivity contribution in [1.82, 2.24) is 0 Å². The Morgan fingerprint density at radius 1 is 1.14 bits per heavy atom. The summed E-state index contributed by atoms with van der Waals surface area (Å²) in [4.78, 5) is 14.6. The van der Waals surface area contributed by atoms with Gasteiger partial charge in [0.15, 0.2) is 5.79 Å². The van der Waals surface area contributed by atoms with Crippen molar-refractivity contribution in [3.63, 3.8) is 0 Å². The first-order valence-corrected chi connectivity index (χ1v) is 10.2. The summed E-state index contributed by atoms with van der Waals surface area (Å²) < 4.78 is 11.9. The maximum absolute atomic E-state index is 13.0. The molecular weight excluding hydrogens is 364 g/mol. The third-order valence-electron chi connectivity index (χ3n) is 5.76. The number of ether oxygens (including phenoxy) is 2. The number of carbonyl (C=O) groups is 1. The smallest absolute Gasteiger partial charge is 0.258 e. The quantitative estimate of drug-likeness (QED) is 0.785. The van der Waals surface area contributed by atoms with Crippen LogP contribution in [0.3, 0.4) is 0 Å². The molecule has 1 saturated heterocycles. The summed E-state index contributed by atoms with van der Waals surface area (Å²) in [6.07, 6.45) is 2.54. The SMILES string of the molecule is CC(C)c1ccc(/C=C2\C(=O)N(C)c3ccc(C4(CCN)OCCO4)cc32)cc1. The number of hydrogen-bond donors (Lipinski definition) is 1. The molecule has 2 aromatic carbocycles. The third kappa shape index (κ3) is 3.50. The van der Waals surface area contributed by atoms with Crippen LogP contribution in [0.5, 0.6) is 0 Å². The lowest BCUT2D eigenvalue weighted by Gasteiger charge is -2.28. The second kappa shape index (κ2) is 7.75. The Morgan fingerprint density at radius 3 is 2.45 bits per heavy atom. The van der Waals surface area contributed by atoms with Crippen LogP contribution in [0.1, 0.15) is 48.4 Å². The molecular formula is C24H28N2O3. The highest BCUT2D eigenvalue weighted by Gasteiger charge is 2.40. The Hall–Kier alpha value is -2.47. The highest BCUT2D eigenvalue weighted by Crippen LogP contribution is 2.42. The highest BCUT2D eigenvalue weighted by atomic mass is 16.7. The number of carbonyl (C=O) groups excluding carboxylic acids is 1. The average molecular weight is 392 g/mol. The molecule has 0 aromatic heterocycles. The summed E-state index contributed by atoms with van der Waals surface area (Å²) in [6.45, 7) is 5.89. The molecule has 0 spiro atoms. The summed E-state index contributed by atoms with van der Waals surface area (Å²) in [6, 6.07) is 14.3. The molecule has 152 valence electrons. The van der Waals surface area contributed by atoms with Crippen molar-refractivity contribution in [1.29, 1.82) is 0 Å². The van der Waals surface area contributed by atoms with E-state index in [-0.39, 0.29) is 5.91 Å². The zero-order chi connectivity index (χ0) is 20.6. The van der Waals surface area contributed by atoms with E-state index in [1.807, 2.05) is 31.3 Å². The van der Waals surface area contributed by atoms with Gasteiger partial charge in [-0.25, -0.2) is 0 Å². The summed E-state index contributed by atoms with van der Waals surface area (Å²) in [5.41, 5.74) is 11.5. The van der Waals surface area contributed by atoms with Crippen LogP contribution in [-0.2, 0) is 20.1 Å². The van der Waals surface area contributed by atoms with E-state index in [0.29, 0.717) is 37.7 Å². The molecule has 2 aliphatic rings. The maximum atomic E-state index is 13.0. The van der Waals surface area contributed by atoms with Gasteiger partial charge in [-0.05, 0) is 41.8 Å². The lowest BCUT2D eigenvalue weighted by molar-refractivity contribution is -0.168. The highest BCUT2D eigenvalue weighted by molar-refractivity contribution is 6.35. The normalized spacial score (nSPS) is 19.4. The van der Waals surface area contributed by atoms with Crippen LogP contribution in [0.4, 0.5) is 5.69 Å². The van der Waals surface area contributed by atoms with Crippen LogP contribution in [0.2, 0.25) is 0 Å². The van der Waals surface area contributed by atoms with Crippen LogP contribution in [0.25, 0.3) is 11.6 Å². The van der Waals surface area contributed by atoms with Crippen molar-refractivity contribution in [3.8, 4) is 0 Å². The fourth-order valence-electron chi connectivity index (χ4n) is 4.07. The second-order valence-corrected chi connectivity index (χ2v) is 7.96. The van der Waals surface area contributed by atoms with E-state index in [0.717, 1.165) is 22.4 Å². The first-order valence-electron chi connectivity index (χ1n) is 10.2. The molecule has 2 aromatic rings. The molecule has 0 atom stereocenters. The van der Waals surface area contributed by atoms with Gasteiger partial charge in [-0.2, -0.15) is 0 Å². The Bertz CT molecular complexity index is 941. The van der Waals surface area contributed by atoms with E-state index in [1.165, 1.54) is 5.56 Å². The summed E-state index contributed by atoms with van der Waals surface area (Å²) in [5, 5.41) is 0. The van der Waals surface area contributed by atoms with Gasteiger partial charge >= 0.3 is 0 Å². The summed E-state index contributed by atoms with van der Waals surface area (Å²) in [7, 11) is 1.81. The van der Waals surface area contributed by atoms with Gasteiger partial charge in [-0.1, -0.05) is 44.2 Å². The van der Waals surface area contributed by atoms with Crippen LogP contribution >= 0.6 is 0 Å². The number of hydrogen-bond acceptors (Lipinski definition) is 4. The van der Waals surface area contributed by atoms with Gasteiger partial charge in [0.25, 0.3) is 5.91 Å². The van der Waals surface area contributed by atoms with Crippen molar-refractivity contribution in [2.24, 2.45) is 5.73 Å². The molecule has 0 bridgehead atoms. The molecule has 1 fully saturated rings. The minimum Gasteiger partial charge on any atom is -0.343 e. The number of amides is 1. The molecule has 0 saturated carbocycles. The topological polar surface area (TPSA) is 64.8 Å². The van der Waals surface area contributed by atoms with E-state index in [4.69, 9.17) is 15.2 Å². The Kier molecular flexibility index (Phi) is 5.30. The fourth-order valence-corrected chi connectivity index (χ4v) is 4.07. The minimum absolute atomic E-state index is 0.00813. The molecule has 29 heavy (non-hydrogen) atoms. The Morgan fingerprint density at radius 2 is 1.83 bits per heavy atom. The Labute approximate surface area is 172 Å². The third-order valence-corrected chi connectivity index (χ3v) is 5.76. The van der Waals surface area contributed by atoms with Gasteiger partial charge < -0.3 is 20.1 Å². The van der Waals surface area contributed by atoms with Crippen molar-refractivity contribution >= 4 is 23.2 Å². The largest absolute Gasteiger partial charge is 0.343 e. The molecule has 0 aliphatic carbocycles. The van der Waals surface area contributed by atoms with Crippen LogP contribution in [0, 0.1) is 0 Å². The van der Waals surface area contributed by atoms with Crippen molar-refractivity contribution in [2.75, 3.05) is 31.7 Å². The predicted molar refractivity (Wildman–Crippen MR) is 116 cm³/mol. The van der Waals surface area contributed by atoms with Gasteiger partial charge in [-0.15, -0.1) is 0 Å². The number of fused-ring (bicyclic) bond motifs is 1. The van der Waals surface area contributed by atoms with Crippen molar-refractivity contribution in [2.45, 2.75) is 32.0 Å². The van der Waals surface area contributed by atoms with E-state index < -0.39 is 5.79 Å². The Balaban J connectivity index is 1.76. The summed E-state index contributed by atoms with van der Waals surface area (Å²) in [5.74, 6) is -0.353. The number of benzene rings is 2. The van der Waals surface area contributed by atoms with Crippen LogP contribution in [0.15, 0.2) is 42.5 Å². The number of rotatable bonds is 5. The number of likely N-dealkylation sites (N-methyl/N-ethyl adjacent to an activating group) is 1. The second-order valence-electron chi connectivity index (χ2n) is 7.96. The number of nitrogens with two attached hydrogens (primary N) is 1. The fraction of sp³-hybridized carbons (Fsp3) is 0.375. The first-order chi connectivity index (χ1) is 13.9. The number of nitrogens with zero attached hydrogens (tertiary/aromatic N) is 1. The molecule has 1 amide bonds. The predicted octanol–water partition coefficient (Wildman–Crippen LogP) is 3.88.